The summed E-state index contributed by atoms with van der Waals surface area (Å²) in [7, 11) is 0. The van der Waals surface area contributed by atoms with Crippen molar-refractivity contribution >= 4 is 43.6 Å². The van der Waals surface area contributed by atoms with E-state index in [0.717, 1.165) is 16.6 Å². The van der Waals surface area contributed by atoms with Gasteiger partial charge in [0, 0.05) is 6.54 Å². The van der Waals surface area contributed by atoms with Gasteiger partial charge in [0.1, 0.15) is 21.7 Å². The molecule has 1 fully saturated rings. The average molecular weight is 414 g/mol. The third kappa shape index (κ3) is 3.09. The van der Waals surface area contributed by atoms with Gasteiger partial charge in [-0.2, -0.15) is 0 Å². The van der Waals surface area contributed by atoms with Crippen LogP contribution in [0.5, 0.6) is 0 Å². The minimum absolute atomic E-state index is 0.178. The van der Waals surface area contributed by atoms with Crippen LogP contribution in [-0.4, -0.2) is 33.1 Å². The standard InChI is InChI=1S/C16H20BrN3O3S/c1-15(2,3)23-14(22)20-7-5-6-16(20,4)13-18-9-8-10(17)24-11(9)12(21)19-13/h8H,5-7H2,1-4H3,(H,18,19,21). The third-order valence-electron chi connectivity index (χ3n) is 4.12. The highest BCUT2D eigenvalue weighted by Gasteiger charge is 2.45. The molecular weight excluding hydrogens is 394 g/mol. The molecule has 3 rings (SSSR count). The topological polar surface area (TPSA) is 75.3 Å². The molecule has 1 unspecified atom stereocenters. The normalized spacial score (nSPS) is 21.5. The maximum Gasteiger partial charge on any atom is 0.411 e. The van der Waals surface area contributed by atoms with Gasteiger partial charge in [0.15, 0.2) is 0 Å². The lowest BCUT2D eigenvalue weighted by atomic mass is 9.98. The van der Waals surface area contributed by atoms with E-state index in [1.54, 1.807) is 4.90 Å². The molecule has 1 aliphatic rings. The molecule has 0 saturated carbocycles. The van der Waals surface area contributed by atoms with E-state index in [1.165, 1.54) is 11.3 Å². The average Bonchev–Trinajstić information content (AvgIpc) is 3.00. The van der Waals surface area contributed by atoms with E-state index < -0.39 is 11.1 Å². The molecule has 2 aromatic heterocycles. The van der Waals surface area contributed by atoms with Gasteiger partial charge in [-0.15, -0.1) is 11.3 Å². The van der Waals surface area contributed by atoms with Crippen molar-refractivity contribution in [3.8, 4) is 0 Å². The number of nitrogens with one attached hydrogen (secondary N) is 1. The Balaban J connectivity index is 2.02. The number of hydrogen-bond donors (Lipinski definition) is 1. The number of fused-ring (bicyclic) bond motifs is 1. The van der Waals surface area contributed by atoms with Crippen molar-refractivity contribution in [1.29, 1.82) is 0 Å². The lowest BCUT2D eigenvalue weighted by Crippen LogP contribution is -2.46. The van der Waals surface area contributed by atoms with E-state index in [4.69, 9.17) is 4.74 Å². The molecule has 0 spiro atoms. The highest BCUT2D eigenvalue weighted by atomic mass is 79.9. The van der Waals surface area contributed by atoms with E-state index in [2.05, 4.69) is 25.9 Å². The molecule has 0 aromatic carbocycles. The molecule has 0 aliphatic carbocycles. The largest absolute Gasteiger partial charge is 0.444 e. The zero-order valence-corrected chi connectivity index (χ0v) is 16.5. The Kier molecular flexibility index (Phi) is 4.24. The molecule has 0 radical (unpaired) electrons. The summed E-state index contributed by atoms with van der Waals surface area (Å²) in [5.74, 6) is 0.508. The number of carbonyl (C=O) groups is 1. The lowest BCUT2D eigenvalue weighted by Gasteiger charge is -2.35. The van der Waals surface area contributed by atoms with Gasteiger partial charge >= 0.3 is 6.09 Å². The number of H-pyrrole nitrogens is 1. The summed E-state index contributed by atoms with van der Waals surface area (Å²) in [6, 6.07) is 1.83. The van der Waals surface area contributed by atoms with Crippen LogP contribution < -0.4 is 5.56 Å². The number of nitrogens with zero attached hydrogens (tertiary/aromatic N) is 2. The second kappa shape index (κ2) is 5.84. The first-order valence-electron chi connectivity index (χ1n) is 7.81. The fourth-order valence-corrected chi connectivity index (χ4v) is 4.41. The Labute approximate surface area is 152 Å². The van der Waals surface area contributed by atoms with Crippen LogP contribution in [0.1, 0.15) is 46.4 Å². The van der Waals surface area contributed by atoms with Crippen molar-refractivity contribution in [2.45, 2.75) is 51.7 Å². The minimum Gasteiger partial charge on any atom is -0.444 e. The molecule has 3 heterocycles. The molecule has 1 atom stereocenters. The molecule has 1 amide bonds. The van der Waals surface area contributed by atoms with Crippen LogP contribution in [0, 0.1) is 0 Å². The van der Waals surface area contributed by atoms with Crippen LogP contribution in [0.25, 0.3) is 10.2 Å². The second-order valence-corrected chi connectivity index (χ2v) is 9.62. The first-order chi connectivity index (χ1) is 11.1. The number of hydrogen-bond acceptors (Lipinski definition) is 5. The number of likely N-dealkylation sites (tertiary alicyclic amines) is 1. The van der Waals surface area contributed by atoms with Gasteiger partial charge in [0.2, 0.25) is 0 Å². The van der Waals surface area contributed by atoms with Crippen molar-refractivity contribution in [1.82, 2.24) is 14.9 Å². The number of rotatable bonds is 1. The highest BCUT2D eigenvalue weighted by Crippen LogP contribution is 2.38. The van der Waals surface area contributed by atoms with Crippen molar-refractivity contribution in [3.05, 3.63) is 26.0 Å². The zero-order valence-electron chi connectivity index (χ0n) is 14.1. The van der Waals surface area contributed by atoms with Crippen molar-refractivity contribution < 1.29 is 9.53 Å². The fourth-order valence-electron chi connectivity index (χ4n) is 2.98. The molecule has 130 valence electrons. The number of amides is 1. The van der Waals surface area contributed by atoms with Gasteiger partial charge in [-0.1, -0.05) is 0 Å². The van der Waals surface area contributed by atoms with Gasteiger partial charge in [0.05, 0.1) is 9.30 Å². The summed E-state index contributed by atoms with van der Waals surface area (Å²) in [5.41, 5.74) is -0.779. The maximum atomic E-state index is 12.6. The van der Waals surface area contributed by atoms with Crippen LogP contribution in [0.2, 0.25) is 0 Å². The zero-order chi connectivity index (χ0) is 17.7. The number of aromatic nitrogens is 2. The number of halogens is 1. The molecular formula is C16H20BrN3O3S. The van der Waals surface area contributed by atoms with Crippen LogP contribution in [0.4, 0.5) is 4.79 Å². The molecule has 6 nitrogen and oxygen atoms in total. The summed E-state index contributed by atoms with van der Waals surface area (Å²) in [5, 5.41) is 0. The smallest absolute Gasteiger partial charge is 0.411 e. The van der Waals surface area contributed by atoms with Crippen LogP contribution in [0.3, 0.4) is 0 Å². The van der Waals surface area contributed by atoms with E-state index in [0.29, 0.717) is 22.6 Å². The SMILES string of the molecule is CC(C)(C)OC(=O)N1CCCC1(C)c1nc2cc(Br)sc2c(=O)[nH]1. The van der Waals surface area contributed by atoms with Crippen LogP contribution in [-0.2, 0) is 10.3 Å². The monoisotopic (exact) mass is 413 g/mol. The fraction of sp³-hybridized carbons (Fsp3) is 0.562. The predicted molar refractivity (Wildman–Crippen MR) is 97.5 cm³/mol. The molecule has 1 saturated heterocycles. The maximum absolute atomic E-state index is 12.6. The quantitative estimate of drug-likeness (QED) is 0.766. The molecule has 0 bridgehead atoms. The van der Waals surface area contributed by atoms with E-state index in [-0.39, 0.29) is 11.7 Å². The van der Waals surface area contributed by atoms with Crippen molar-refractivity contribution in [2.75, 3.05) is 6.54 Å². The van der Waals surface area contributed by atoms with Gasteiger partial charge in [-0.3, -0.25) is 9.69 Å². The third-order valence-corrected chi connectivity index (χ3v) is 5.74. The molecule has 1 aliphatic heterocycles. The van der Waals surface area contributed by atoms with Gasteiger partial charge in [0.25, 0.3) is 5.56 Å². The van der Waals surface area contributed by atoms with Crippen LogP contribution in [0.15, 0.2) is 14.6 Å². The summed E-state index contributed by atoms with van der Waals surface area (Å²) in [6.45, 7) is 8.03. The Morgan fingerprint density at radius 3 is 2.88 bits per heavy atom. The predicted octanol–water partition coefficient (Wildman–Crippen LogP) is 3.99. The Morgan fingerprint density at radius 1 is 1.50 bits per heavy atom. The highest BCUT2D eigenvalue weighted by molar-refractivity contribution is 9.11. The number of carbonyl (C=O) groups excluding carboxylic acids is 1. The van der Waals surface area contributed by atoms with Crippen molar-refractivity contribution in [2.24, 2.45) is 0 Å². The summed E-state index contributed by atoms with van der Waals surface area (Å²) >= 11 is 4.74. The van der Waals surface area contributed by atoms with E-state index in [1.807, 2.05) is 33.8 Å². The molecule has 24 heavy (non-hydrogen) atoms. The van der Waals surface area contributed by atoms with E-state index >= 15 is 0 Å². The Hall–Kier alpha value is -1.41. The molecule has 2 aromatic rings. The second-order valence-electron chi connectivity index (χ2n) is 7.19. The van der Waals surface area contributed by atoms with Gasteiger partial charge in [-0.25, -0.2) is 9.78 Å². The van der Waals surface area contributed by atoms with Gasteiger partial charge in [-0.05, 0) is 62.5 Å². The summed E-state index contributed by atoms with van der Waals surface area (Å²) in [6.07, 6.45) is 1.19. The van der Waals surface area contributed by atoms with Crippen LogP contribution >= 0.6 is 27.3 Å². The van der Waals surface area contributed by atoms with Gasteiger partial charge < -0.3 is 9.72 Å². The number of ether oxygens (including phenoxy) is 1. The first kappa shape index (κ1) is 17.4. The first-order valence-corrected chi connectivity index (χ1v) is 9.41. The number of thiophene rings is 1. The molecule has 8 heteroatoms. The minimum atomic E-state index is -0.676. The summed E-state index contributed by atoms with van der Waals surface area (Å²) in [4.78, 5) is 34.1. The van der Waals surface area contributed by atoms with E-state index in [9.17, 15) is 9.59 Å². The lowest BCUT2D eigenvalue weighted by molar-refractivity contribution is 0.00855. The van der Waals surface area contributed by atoms with Crippen molar-refractivity contribution in [3.63, 3.8) is 0 Å². The summed E-state index contributed by atoms with van der Waals surface area (Å²) < 4.78 is 6.96. The number of aromatic amines is 1. The Morgan fingerprint density at radius 2 is 2.21 bits per heavy atom. The molecule has 1 N–H and O–H groups in total. The Bertz CT molecular complexity index is 854.